The third-order valence-corrected chi connectivity index (χ3v) is 3.67. The highest BCUT2D eigenvalue weighted by Crippen LogP contribution is 2.15. The van der Waals surface area contributed by atoms with Crippen LogP contribution in [0.1, 0.15) is 23.6 Å². The Morgan fingerprint density at radius 2 is 1.87 bits per heavy atom. The maximum Gasteiger partial charge on any atom is 0.0687 e. The molecule has 0 fully saturated rings. The predicted octanol–water partition coefficient (Wildman–Crippen LogP) is 4.45. The summed E-state index contributed by atoms with van der Waals surface area (Å²) in [4.78, 5) is 0. The third-order valence-electron chi connectivity index (χ3n) is 2.51. The monoisotopic (exact) mass is 218 g/mol. The van der Waals surface area contributed by atoms with Crippen molar-refractivity contribution in [3.05, 3.63) is 40.6 Å². The van der Waals surface area contributed by atoms with Crippen LogP contribution in [0.4, 0.5) is 0 Å². The van der Waals surface area contributed by atoms with E-state index in [1.54, 1.807) is 0 Å². The Labute approximate surface area is 95.0 Å². The molecule has 1 rings (SSSR count). The molecule has 0 heterocycles. The summed E-state index contributed by atoms with van der Waals surface area (Å²) >= 11 is 0. The van der Waals surface area contributed by atoms with Crippen molar-refractivity contribution in [3.8, 4) is 0 Å². The number of hydrogen-bond acceptors (Lipinski definition) is 0. The van der Waals surface area contributed by atoms with E-state index < -0.39 is 8.07 Å². The molecule has 0 unspecified atom stereocenters. The molecular weight excluding hydrogens is 196 g/mol. The fourth-order valence-corrected chi connectivity index (χ4v) is 2.16. The van der Waals surface area contributed by atoms with Crippen LogP contribution in [0.5, 0.6) is 0 Å². The van der Waals surface area contributed by atoms with Gasteiger partial charge < -0.3 is 0 Å². The summed E-state index contributed by atoms with van der Waals surface area (Å²) in [6.07, 6.45) is 3.42. The Morgan fingerprint density at radius 1 is 1.20 bits per heavy atom. The molecule has 0 radical (unpaired) electrons. The number of aryl methyl sites for hydroxylation is 2. The van der Waals surface area contributed by atoms with E-state index in [4.69, 9.17) is 0 Å². The first-order valence-corrected chi connectivity index (χ1v) is 9.29. The summed E-state index contributed by atoms with van der Waals surface area (Å²) in [6.45, 7) is 11.5. The van der Waals surface area contributed by atoms with Gasteiger partial charge in [0.2, 0.25) is 0 Å². The van der Waals surface area contributed by atoms with Gasteiger partial charge in [0.15, 0.2) is 0 Å². The fourth-order valence-electron chi connectivity index (χ4n) is 1.48. The highest BCUT2D eigenvalue weighted by molar-refractivity contribution is 6.81. The second kappa shape index (κ2) is 4.80. The summed E-state index contributed by atoms with van der Waals surface area (Å²) in [5.41, 5.74) is 6.59. The second-order valence-corrected chi connectivity index (χ2v) is 10.3. The van der Waals surface area contributed by atoms with E-state index in [-0.39, 0.29) is 0 Å². The normalized spacial score (nSPS) is 12.3. The van der Waals surface area contributed by atoms with Crippen LogP contribution in [0.25, 0.3) is 6.08 Å². The van der Waals surface area contributed by atoms with Crippen LogP contribution < -0.4 is 0 Å². The first-order valence-electron chi connectivity index (χ1n) is 5.71. The molecule has 0 amide bonds. The number of rotatable bonds is 3. The zero-order chi connectivity index (χ0) is 11.5. The highest BCUT2D eigenvalue weighted by atomic mass is 28.3. The Kier molecular flexibility index (Phi) is 3.92. The zero-order valence-electron chi connectivity index (χ0n) is 10.6. The quantitative estimate of drug-likeness (QED) is 0.658. The molecule has 0 nitrogen and oxygen atoms in total. The molecule has 0 saturated carbocycles. The van der Waals surface area contributed by atoms with Gasteiger partial charge in [0, 0.05) is 0 Å². The van der Waals surface area contributed by atoms with Gasteiger partial charge in [0.25, 0.3) is 0 Å². The molecule has 0 aliphatic carbocycles. The highest BCUT2D eigenvalue weighted by Gasteiger charge is 2.07. The lowest BCUT2D eigenvalue weighted by Crippen LogP contribution is -2.15. The fraction of sp³-hybridized carbons (Fsp3) is 0.429. The van der Waals surface area contributed by atoms with Crippen LogP contribution in [-0.4, -0.2) is 8.07 Å². The van der Waals surface area contributed by atoms with Crippen LogP contribution in [0.3, 0.4) is 0 Å². The van der Waals surface area contributed by atoms with E-state index >= 15 is 0 Å². The van der Waals surface area contributed by atoms with Gasteiger partial charge in [-0.2, -0.15) is 0 Å². The van der Waals surface area contributed by atoms with Crippen LogP contribution in [-0.2, 0) is 6.42 Å². The summed E-state index contributed by atoms with van der Waals surface area (Å²) < 4.78 is 0. The Hall–Kier alpha value is -0.823. The standard InChI is InChI=1S/C14H22Si/c1-6-13-7-8-14(12(2)11-13)9-10-15(3,4)5/h7-11H,6H2,1-5H3/b10-9+. The van der Waals surface area contributed by atoms with E-state index in [9.17, 15) is 0 Å². The molecule has 0 aliphatic heterocycles. The van der Waals surface area contributed by atoms with Crippen molar-refractivity contribution >= 4 is 14.1 Å². The SMILES string of the molecule is CCc1ccc(/C=C/[Si](C)(C)C)c(C)c1. The summed E-state index contributed by atoms with van der Waals surface area (Å²) in [5, 5.41) is 0. The molecule has 0 N–H and O–H groups in total. The molecule has 0 saturated heterocycles. The smallest absolute Gasteiger partial charge is 0.0687 e. The molecule has 82 valence electrons. The zero-order valence-corrected chi connectivity index (χ0v) is 11.6. The van der Waals surface area contributed by atoms with Gasteiger partial charge in [0.05, 0.1) is 8.07 Å². The third kappa shape index (κ3) is 4.04. The summed E-state index contributed by atoms with van der Waals surface area (Å²) in [5.74, 6) is 0. The predicted molar refractivity (Wildman–Crippen MR) is 72.9 cm³/mol. The van der Waals surface area contributed by atoms with Crippen LogP contribution in [0.2, 0.25) is 19.6 Å². The molecule has 0 atom stereocenters. The van der Waals surface area contributed by atoms with Crippen molar-refractivity contribution in [2.24, 2.45) is 0 Å². The molecule has 0 bridgehead atoms. The molecule has 1 aromatic carbocycles. The topological polar surface area (TPSA) is 0 Å². The van der Waals surface area contributed by atoms with Crippen molar-refractivity contribution in [1.29, 1.82) is 0 Å². The van der Waals surface area contributed by atoms with Gasteiger partial charge in [-0.15, -0.1) is 0 Å². The Bertz CT molecular complexity index is 356. The number of benzene rings is 1. The average Bonchev–Trinajstić information content (AvgIpc) is 2.14. The van der Waals surface area contributed by atoms with Crippen LogP contribution >= 0.6 is 0 Å². The van der Waals surface area contributed by atoms with Crippen LogP contribution in [0, 0.1) is 6.92 Å². The lowest BCUT2D eigenvalue weighted by atomic mass is 10.0. The molecule has 15 heavy (non-hydrogen) atoms. The minimum Gasteiger partial charge on any atom is -0.0944 e. The van der Waals surface area contributed by atoms with Crippen molar-refractivity contribution in [1.82, 2.24) is 0 Å². The Balaban J connectivity index is 2.92. The van der Waals surface area contributed by atoms with Crippen molar-refractivity contribution in [2.75, 3.05) is 0 Å². The van der Waals surface area contributed by atoms with E-state index in [0.29, 0.717) is 0 Å². The largest absolute Gasteiger partial charge is 0.0944 e. The Morgan fingerprint density at radius 3 is 2.33 bits per heavy atom. The first kappa shape index (κ1) is 12.2. The van der Waals surface area contributed by atoms with E-state index in [0.717, 1.165) is 6.42 Å². The van der Waals surface area contributed by atoms with E-state index in [2.05, 4.69) is 63.5 Å². The van der Waals surface area contributed by atoms with Crippen LogP contribution in [0.15, 0.2) is 23.9 Å². The van der Waals surface area contributed by atoms with Gasteiger partial charge in [-0.25, -0.2) is 0 Å². The maximum absolute atomic E-state index is 2.40. The van der Waals surface area contributed by atoms with Crippen molar-refractivity contribution in [2.45, 2.75) is 39.9 Å². The minimum atomic E-state index is -1.07. The van der Waals surface area contributed by atoms with E-state index in [1.807, 2.05) is 0 Å². The minimum absolute atomic E-state index is 1.07. The van der Waals surface area contributed by atoms with Gasteiger partial charge in [-0.3, -0.25) is 0 Å². The molecule has 0 aromatic heterocycles. The maximum atomic E-state index is 2.40. The molecular formula is C14H22Si. The second-order valence-electron chi connectivity index (χ2n) is 5.24. The van der Waals surface area contributed by atoms with Gasteiger partial charge in [-0.05, 0) is 30.0 Å². The van der Waals surface area contributed by atoms with E-state index in [1.165, 1.54) is 16.7 Å². The van der Waals surface area contributed by atoms with Gasteiger partial charge >= 0.3 is 0 Å². The van der Waals surface area contributed by atoms with Gasteiger partial charge in [-0.1, -0.05) is 56.5 Å². The lowest BCUT2D eigenvalue weighted by molar-refractivity contribution is 1.13. The lowest BCUT2D eigenvalue weighted by Gasteiger charge is -2.09. The molecule has 0 aliphatic rings. The first-order chi connectivity index (χ1) is 6.92. The molecule has 1 heteroatoms. The average molecular weight is 218 g/mol. The number of hydrogen-bond donors (Lipinski definition) is 0. The molecule has 1 aromatic rings. The summed E-state index contributed by atoms with van der Waals surface area (Å²) in [6, 6.07) is 6.77. The summed E-state index contributed by atoms with van der Waals surface area (Å²) in [7, 11) is -1.07. The van der Waals surface area contributed by atoms with Gasteiger partial charge in [0.1, 0.15) is 0 Å². The van der Waals surface area contributed by atoms with Crippen molar-refractivity contribution < 1.29 is 0 Å². The molecule has 0 spiro atoms. The van der Waals surface area contributed by atoms with Crippen molar-refractivity contribution in [3.63, 3.8) is 0 Å².